The summed E-state index contributed by atoms with van der Waals surface area (Å²) in [7, 11) is 0. The van der Waals surface area contributed by atoms with Gasteiger partial charge >= 0.3 is 0 Å². The van der Waals surface area contributed by atoms with Crippen molar-refractivity contribution in [3.05, 3.63) is 29.8 Å². The van der Waals surface area contributed by atoms with Crippen LogP contribution in [0, 0.1) is 5.92 Å². The Labute approximate surface area is 145 Å². The second-order valence-electron chi connectivity index (χ2n) is 8.22. The lowest BCUT2D eigenvalue weighted by Gasteiger charge is -2.45. The third-order valence-corrected chi connectivity index (χ3v) is 5.70. The van der Waals surface area contributed by atoms with Crippen LogP contribution in [-0.2, 0) is 10.2 Å². The molecular weight excluding hydrogens is 300 g/mol. The van der Waals surface area contributed by atoms with Gasteiger partial charge in [-0.05, 0) is 38.7 Å². The first kappa shape index (κ1) is 17.3. The summed E-state index contributed by atoms with van der Waals surface area (Å²) in [6.07, 6.45) is 2.09. The summed E-state index contributed by atoms with van der Waals surface area (Å²) in [4.78, 5) is 14.9. The molecule has 0 radical (unpaired) electrons. The van der Waals surface area contributed by atoms with Crippen LogP contribution in [0.1, 0.15) is 46.1 Å². The molecule has 0 bridgehead atoms. The zero-order chi connectivity index (χ0) is 17.4. The maximum absolute atomic E-state index is 12.6. The normalized spacial score (nSPS) is 20.0. The largest absolute Gasteiger partial charge is 0.492 e. The zero-order valence-corrected chi connectivity index (χ0v) is 15.4. The molecule has 1 fully saturated rings. The van der Waals surface area contributed by atoms with Gasteiger partial charge in [0.2, 0.25) is 5.91 Å². The molecule has 1 aromatic rings. The summed E-state index contributed by atoms with van der Waals surface area (Å²) >= 11 is 0. The van der Waals surface area contributed by atoms with E-state index in [-0.39, 0.29) is 11.3 Å². The lowest BCUT2D eigenvalue weighted by atomic mass is 9.73. The Balaban J connectivity index is 1.66. The van der Waals surface area contributed by atoms with Crippen molar-refractivity contribution in [2.75, 3.05) is 26.2 Å². The van der Waals surface area contributed by atoms with Gasteiger partial charge in [-0.15, -0.1) is 0 Å². The lowest BCUT2D eigenvalue weighted by Crippen LogP contribution is -2.59. The van der Waals surface area contributed by atoms with Crippen LogP contribution >= 0.6 is 0 Å². The Bertz CT molecular complexity index is 601. The standard InChI is InChI=1S/C20H30N2O2/c1-15(2)13-21-18(23)19(3,4)22-11-9-20(10-12-22)14-24-17-8-6-5-7-16(17)20/h5-8,15H,9-14H2,1-4H3,(H,21,23). The highest BCUT2D eigenvalue weighted by molar-refractivity contribution is 5.85. The molecule has 2 heterocycles. The van der Waals surface area contributed by atoms with E-state index in [0.717, 1.165) is 44.8 Å². The molecule has 24 heavy (non-hydrogen) atoms. The fourth-order valence-corrected chi connectivity index (χ4v) is 3.89. The van der Waals surface area contributed by atoms with Crippen molar-refractivity contribution in [2.24, 2.45) is 5.92 Å². The Morgan fingerprint density at radius 1 is 1.29 bits per heavy atom. The second-order valence-corrected chi connectivity index (χ2v) is 8.22. The number of hydrogen-bond donors (Lipinski definition) is 1. The minimum atomic E-state index is -0.463. The quantitative estimate of drug-likeness (QED) is 0.923. The molecule has 2 aliphatic rings. The van der Waals surface area contributed by atoms with Crippen molar-refractivity contribution in [1.29, 1.82) is 0 Å². The Hall–Kier alpha value is -1.55. The maximum atomic E-state index is 12.6. The summed E-state index contributed by atoms with van der Waals surface area (Å²) in [5, 5.41) is 3.09. The smallest absolute Gasteiger partial charge is 0.239 e. The van der Waals surface area contributed by atoms with Crippen LogP contribution in [0.3, 0.4) is 0 Å². The van der Waals surface area contributed by atoms with E-state index in [9.17, 15) is 4.79 Å². The van der Waals surface area contributed by atoms with Crippen molar-refractivity contribution in [3.8, 4) is 5.75 Å². The number of fused-ring (bicyclic) bond motifs is 2. The highest BCUT2D eigenvalue weighted by Crippen LogP contribution is 2.46. The lowest BCUT2D eigenvalue weighted by molar-refractivity contribution is -0.133. The number of hydrogen-bond acceptors (Lipinski definition) is 3. The topological polar surface area (TPSA) is 41.6 Å². The van der Waals surface area contributed by atoms with Gasteiger partial charge in [0.15, 0.2) is 0 Å². The molecule has 1 N–H and O–H groups in total. The number of nitrogens with one attached hydrogen (secondary N) is 1. The van der Waals surface area contributed by atoms with Crippen molar-refractivity contribution in [3.63, 3.8) is 0 Å². The van der Waals surface area contributed by atoms with Gasteiger partial charge in [0.05, 0.1) is 12.1 Å². The van der Waals surface area contributed by atoms with Crippen molar-refractivity contribution >= 4 is 5.91 Å². The van der Waals surface area contributed by atoms with Crippen molar-refractivity contribution in [1.82, 2.24) is 10.2 Å². The van der Waals surface area contributed by atoms with E-state index in [0.29, 0.717) is 5.92 Å². The fourth-order valence-electron chi connectivity index (χ4n) is 3.89. The number of likely N-dealkylation sites (tertiary alicyclic amines) is 1. The van der Waals surface area contributed by atoms with Gasteiger partial charge in [0, 0.05) is 30.6 Å². The van der Waals surface area contributed by atoms with Gasteiger partial charge in [-0.1, -0.05) is 32.0 Å². The van der Waals surface area contributed by atoms with Crippen LogP contribution in [0.5, 0.6) is 5.75 Å². The number of para-hydroxylation sites is 1. The Kier molecular flexibility index (Phi) is 4.60. The van der Waals surface area contributed by atoms with E-state index in [2.05, 4.69) is 42.3 Å². The van der Waals surface area contributed by atoms with Gasteiger partial charge in [-0.3, -0.25) is 9.69 Å². The molecule has 1 saturated heterocycles. The van der Waals surface area contributed by atoms with Crippen molar-refractivity contribution in [2.45, 2.75) is 51.5 Å². The Morgan fingerprint density at radius 2 is 1.96 bits per heavy atom. The molecule has 4 nitrogen and oxygen atoms in total. The fraction of sp³-hybridized carbons (Fsp3) is 0.650. The average Bonchev–Trinajstić information content (AvgIpc) is 2.92. The molecule has 2 aliphatic heterocycles. The number of rotatable bonds is 4. The summed E-state index contributed by atoms with van der Waals surface area (Å²) in [5.41, 5.74) is 1.03. The molecule has 0 unspecified atom stereocenters. The van der Waals surface area contributed by atoms with Crippen LogP contribution in [0.15, 0.2) is 24.3 Å². The summed E-state index contributed by atoms with van der Waals surface area (Å²) < 4.78 is 5.93. The van der Waals surface area contributed by atoms with Crippen LogP contribution < -0.4 is 10.1 Å². The summed E-state index contributed by atoms with van der Waals surface area (Å²) in [5.74, 6) is 1.65. The van der Waals surface area contributed by atoms with Crippen LogP contribution in [-0.4, -0.2) is 42.6 Å². The minimum absolute atomic E-state index is 0.134. The molecular formula is C20H30N2O2. The third kappa shape index (κ3) is 3.04. The van der Waals surface area contributed by atoms with Crippen LogP contribution in [0.2, 0.25) is 0 Å². The predicted octanol–water partition coefficient (Wildman–Crippen LogP) is 2.96. The molecule has 4 heteroatoms. The number of piperidine rings is 1. The number of amides is 1. The average molecular weight is 330 g/mol. The molecule has 0 aliphatic carbocycles. The van der Waals surface area contributed by atoms with E-state index in [4.69, 9.17) is 4.74 Å². The van der Waals surface area contributed by atoms with Gasteiger partial charge in [0.25, 0.3) is 0 Å². The van der Waals surface area contributed by atoms with Crippen LogP contribution in [0.4, 0.5) is 0 Å². The zero-order valence-electron chi connectivity index (χ0n) is 15.4. The molecule has 1 spiro atoms. The van der Waals surface area contributed by atoms with Crippen molar-refractivity contribution < 1.29 is 9.53 Å². The molecule has 1 amide bonds. The minimum Gasteiger partial charge on any atom is -0.492 e. The number of carbonyl (C=O) groups is 1. The molecule has 3 rings (SSSR count). The van der Waals surface area contributed by atoms with E-state index >= 15 is 0 Å². The number of benzene rings is 1. The molecule has 0 saturated carbocycles. The van der Waals surface area contributed by atoms with E-state index < -0.39 is 5.54 Å². The number of ether oxygens (including phenoxy) is 1. The number of carbonyl (C=O) groups excluding carboxylic acids is 1. The van der Waals surface area contributed by atoms with E-state index in [1.165, 1.54) is 5.56 Å². The third-order valence-electron chi connectivity index (χ3n) is 5.70. The van der Waals surface area contributed by atoms with E-state index in [1.807, 2.05) is 19.9 Å². The molecule has 1 aromatic carbocycles. The SMILES string of the molecule is CC(C)CNC(=O)C(C)(C)N1CCC2(CC1)COc1ccccc12. The monoisotopic (exact) mass is 330 g/mol. The summed E-state index contributed by atoms with van der Waals surface area (Å²) in [6.45, 7) is 11.7. The van der Waals surface area contributed by atoms with E-state index in [1.54, 1.807) is 0 Å². The first-order valence-corrected chi connectivity index (χ1v) is 9.11. The van der Waals surface area contributed by atoms with Gasteiger partial charge < -0.3 is 10.1 Å². The van der Waals surface area contributed by atoms with Crippen LogP contribution in [0.25, 0.3) is 0 Å². The first-order valence-electron chi connectivity index (χ1n) is 9.11. The molecule has 132 valence electrons. The number of nitrogens with zero attached hydrogens (tertiary/aromatic N) is 1. The first-order chi connectivity index (χ1) is 11.3. The maximum Gasteiger partial charge on any atom is 0.239 e. The van der Waals surface area contributed by atoms with Gasteiger partial charge in [-0.2, -0.15) is 0 Å². The highest BCUT2D eigenvalue weighted by atomic mass is 16.5. The summed E-state index contributed by atoms with van der Waals surface area (Å²) in [6, 6.07) is 8.42. The molecule has 0 atom stereocenters. The van der Waals surface area contributed by atoms with Gasteiger partial charge in [-0.25, -0.2) is 0 Å². The second kappa shape index (κ2) is 6.40. The Morgan fingerprint density at radius 3 is 2.62 bits per heavy atom. The predicted molar refractivity (Wildman–Crippen MR) is 96.3 cm³/mol. The molecule has 0 aromatic heterocycles. The van der Waals surface area contributed by atoms with Gasteiger partial charge in [0.1, 0.15) is 5.75 Å². The highest BCUT2D eigenvalue weighted by Gasteiger charge is 2.46.